The van der Waals surface area contributed by atoms with Gasteiger partial charge in [-0.2, -0.15) is 0 Å². The van der Waals surface area contributed by atoms with Gasteiger partial charge in [0.2, 0.25) is 5.91 Å². The van der Waals surface area contributed by atoms with E-state index in [0.717, 1.165) is 21.4 Å². The highest BCUT2D eigenvalue weighted by molar-refractivity contribution is 8.01. The molecule has 0 aliphatic carbocycles. The number of furan rings is 1. The summed E-state index contributed by atoms with van der Waals surface area (Å²) in [6.45, 7) is 2.55. The molecule has 0 unspecified atom stereocenters. The number of hydrogen-bond donors (Lipinski definition) is 0. The zero-order valence-corrected chi connectivity index (χ0v) is 15.2. The molecule has 1 amide bonds. The molecule has 0 saturated carbocycles. The van der Waals surface area contributed by atoms with Crippen molar-refractivity contribution >= 4 is 29.0 Å². The molecule has 24 heavy (non-hydrogen) atoms. The van der Waals surface area contributed by atoms with Crippen molar-refractivity contribution in [2.24, 2.45) is 0 Å². The van der Waals surface area contributed by atoms with Crippen LogP contribution < -0.4 is 0 Å². The standard InChI is InChI=1S/C18H18N2O2S2/c1-13-5-7-14(8-6-13)16-11-23-18(19-16)24-12-17(21)20(2)10-15-4-3-9-22-15/h3-9,11H,10,12H2,1-2H3. The molecular formula is C18H18N2O2S2. The van der Waals surface area contributed by atoms with Crippen LogP contribution in [0.1, 0.15) is 11.3 Å². The lowest BCUT2D eigenvalue weighted by atomic mass is 10.1. The van der Waals surface area contributed by atoms with Gasteiger partial charge in [0.05, 0.1) is 24.3 Å². The van der Waals surface area contributed by atoms with E-state index in [9.17, 15) is 4.79 Å². The number of aromatic nitrogens is 1. The number of amides is 1. The number of hydrogen-bond acceptors (Lipinski definition) is 5. The molecular weight excluding hydrogens is 340 g/mol. The van der Waals surface area contributed by atoms with Crippen LogP contribution in [0.2, 0.25) is 0 Å². The molecule has 6 heteroatoms. The summed E-state index contributed by atoms with van der Waals surface area (Å²) >= 11 is 3.04. The maximum Gasteiger partial charge on any atom is 0.233 e. The minimum atomic E-state index is 0.0588. The van der Waals surface area contributed by atoms with Crippen molar-refractivity contribution in [3.8, 4) is 11.3 Å². The average molecular weight is 358 g/mol. The first kappa shape index (κ1) is 16.8. The van der Waals surface area contributed by atoms with Crippen LogP contribution in [0.5, 0.6) is 0 Å². The van der Waals surface area contributed by atoms with Crippen LogP contribution in [-0.2, 0) is 11.3 Å². The Kier molecular flexibility index (Phi) is 5.37. The molecule has 0 atom stereocenters. The fourth-order valence-electron chi connectivity index (χ4n) is 2.14. The van der Waals surface area contributed by atoms with E-state index in [-0.39, 0.29) is 5.91 Å². The third-order valence-corrected chi connectivity index (χ3v) is 5.55. The topological polar surface area (TPSA) is 46.3 Å². The fraction of sp³-hybridized carbons (Fsp3) is 0.222. The first-order valence-corrected chi connectivity index (χ1v) is 9.40. The average Bonchev–Trinajstić information content (AvgIpc) is 3.25. The van der Waals surface area contributed by atoms with Crippen molar-refractivity contribution in [1.29, 1.82) is 0 Å². The first-order valence-electron chi connectivity index (χ1n) is 7.53. The van der Waals surface area contributed by atoms with Gasteiger partial charge in [-0.3, -0.25) is 4.79 Å². The molecule has 0 aliphatic heterocycles. The lowest BCUT2D eigenvalue weighted by molar-refractivity contribution is -0.127. The number of rotatable bonds is 6. The van der Waals surface area contributed by atoms with Crippen molar-refractivity contribution in [2.45, 2.75) is 17.8 Å². The summed E-state index contributed by atoms with van der Waals surface area (Å²) in [5.41, 5.74) is 3.29. The van der Waals surface area contributed by atoms with E-state index in [1.54, 1.807) is 29.5 Å². The van der Waals surface area contributed by atoms with Crippen molar-refractivity contribution in [2.75, 3.05) is 12.8 Å². The normalized spacial score (nSPS) is 10.8. The van der Waals surface area contributed by atoms with E-state index in [2.05, 4.69) is 36.2 Å². The van der Waals surface area contributed by atoms with Crippen molar-refractivity contribution < 1.29 is 9.21 Å². The maximum atomic E-state index is 12.2. The summed E-state index contributed by atoms with van der Waals surface area (Å²) < 4.78 is 6.17. The van der Waals surface area contributed by atoms with Crippen LogP contribution in [0.3, 0.4) is 0 Å². The van der Waals surface area contributed by atoms with Gasteiger partial charge in [0.1, 0.15) is 5.76 Å². The lowest BCUT2D eigenvalue weighted by Gasteiger charge is -2.14. The molecule has 2 heterocycles. The van der Waals surface area contributed by atoms with Gasteiger partial charge >= 0.3 is 0 Å². The molecule has 0 saturated heterocycles. The third-order valence-electron chi connectivity index (χ3n) is 3.55. The van der Waals surface area contributed by atoms with Crippen LogP contribution in [0, 0.1) is 6.92 Å². The molecule has 0 spiro atoms. The number of carbonyl (C=O) groups is 1. The van der Waals surface area contributed by atoms with E-state index >= 15 is 0 Å². The minimum Gasteiger partial charge on any atom is -0.467 e. The summed E-state index contributed by atoms with van der Waals surface area (Å²) in [6.07, 6.45) is 1.62. The van der Waals surface area contributed by atoms with Crippen LogP contribution in [0.15, 0.2) is 56.8 Å². The quantitative estimate of drug-likeness (QED) is 0.610. The summed E-state index contributed by atoms with van der Waals surface area (Å²) in [4.78, 5) is 18.5. The first-order chi connectivity index (χ1) is 11.6. The van der Waals surface area contributed by atoms with Gasteiger partial charge in [-0.1, -0.05) is 41.6 Å². The second-order valence-corrected chi connectivity index (χ2v) is 7.56. The highest BCUT2D eigenvalue weighted by Crippen LogP contribution is 2.28. The Balaban J connectivity index is 1.55. The molecule has 2 aromatic heterocycles. The molecule has 0 radical (unpaired) electrons. The SMILES string of the molecule is Cc1ccc(-c2csc(SCC(=O)N(C)Cc3ccco3)n2)cc1. The number of benzene rings is 1. The summed E-state index contributed by atoms with van der Waals surface area (Å²) in [7, 11) is 1.78. The Labute approximate surface area is 149 Å². The van der Waals surface area contributed by atoms with Gasteiger partial charge in [-0.15, -0.1) is 11.3 Å². The zero-order chi connectivity index (χ0) is 16.9. The highest BCUT2D eigenvalue weighted by atomic mass is 32.2. The molecule has 0 N–H and O–H groups in total. The number of carbonyl (C=O) groups excluding carboxylic acids is 1. The van der Waals surface area contributed by atoms with Crippen LogP contribution >= 0.6 is 23.1 Å². The predicted molar refractivity (Wildman–Crippen MR) is 98.2 cm³/mol. The molecule has 0 fully saturated rings. The zero-order valence-electron chi connectivity index (χ0n) is 13.6. The molecule has 0 aliphatic rings. The van der Waals surface area contributed by atoms with Gasteiger partial charge in [0, 0.05) is 18.0 Å². The van der Waals surface area contributed by atoms with Gasteiger partial charge < -0.3 is 9.32 Å². The van der Waals surface area contributed by atoms with Crippen molar-refractivity contribution in [3.63, 3.8) is 0 Å². The Hall–Kier alpha value is -2.05. The molecule has 3 aromatic rings. The molecule has 1 aromatic carbocycles. The molecule has 4 nitrogen and oxygen atoms in total. The second-order valence-electron chi connectivity index (χ2n) is 5.48. The Morgan fingerprint density at radius 2 is 2.08 bits per heavy atom. The largest absolute Gasteiger partial charge is 0.467 e. The van der Waals surface area contributed by atoms with Crippen LogP contribution in [0.25, 0.3) is 11.3 Å². The summed E-state index contributed by atoms with van der Waals surface area (Å²) in [5.74, 6) is 1.22. The minimum absolute atomic E-state index is 0.0588. The third kappa shape index (κ3) is 4.27. The number of thiazole rings is 1. The van der Waals surface area contributed by atoms with Gasteiger partial charge in [0.25, 0.3) is 0 Å². The lowest BCUT2D eigenvalue weighted by Crippen LogP contribution is -2.27. The highest BCUT2D eigenvalue weighted by Gasteiger charge is 2.13. The maximum absolute atomic E-state index is 12.2. The van der Waals surface area contributed by atoms with E-state index in [0.29, 0.717) is 12.3 Å². The number of thioether (sulfide) groups is 1. The van der Waals surface area contributed by atoms with E-state index in [4.69, 9.17) is 4.42 Å². The second kappa shape index (κ2) is 7.68. The van der Waals surface area contributed by atoms with Crippen LogP contribution in [-0.4, -0.2) is 28.6 Å². The fourth-order valence-corrected chi connectivity index (χ4v) is 3.91. The van der Waals surface area contributed by atoms with Crippen molar-refractivity contribution in [3.05, 3.63) is 59.4 Å². The smallest absolute Gasteiger partial charge is 0.233 e. The predicted octanol–water partition coefficient (Wildman–Crippen LogP) is 4.46. The van der Waals surface area contributed by atoms with Gasteiger partial charge in [0.15, 0.2) is 4.34 Å². The van der Waals surface area contributed by atoms with E-state index in [1.165, 1.54) is 17.3 Å². The van der Waals surface area contributed by atoms with Gasteiger partial charge in [-0.05, 0) is 19.1 Å². The monoisotopic (exact) mass is 358 g/mol. The van der Waals surface area contributed by atoms with Crippen molar-refractivity contribution in [1.82, 2.24) is 9.88 Å². The molecule has 0 bridgehead atoms. The van der Waals surface area contributed by atoms with Crippen LogP contribution in [0.4, 0.5) is 0 Å². The van der Waals surface area contributed by atoms with Gasteiger partial charge in [-0.25, -0.2) is 4.98 Å². The molecule has 124 valence electrons. The number of nitrogens with zero attached hydrogens (tertiary/aromatic N) is 2. The Morgan fingerprint density at radius 3 is 2.79 bits per heavy atom. The summed E-state index contributed by atoms with van der Waals surface area (Å²) in [5, 5.41) is 2.03. The Morgan fingerprint density at radius 1 is 1.29 bits per heavy atom. The van der Waals surface area contributed by atoms with E-state index < -0.39 is 0 Å². The Bertz CT molecular complexity index is 795. The van der Waals surface area contributed by atoms with E-state index in [1.807, 2.05) is 17.5 Å². The summed E-state index contributed by atoms with van der Waals surface area (Å²) in [6, 6.07) is 12.0. The number of aryl methyl sites for hydroxylation is 1. The molecule has 3 rings (SSSR count).